The zero-order valence-electron chi connectivity index (χ0n) is 11.7. The van der Waals surface area contributed by atoms with Gasteiger partial charge in [0.05, 0.1) is 12.3 Å². The van der Waals surface area contributed by atoms with Crippen LogP contribution in [0.1, 0.15) is 10.4 Å². The number of aromatic nitrogens is 1. The molecule has 22 heavy (non-hydrogen) atoms. The summed E-state index contributed by atoms with van der Waals surface area (Å²) in [5, 5.41) is 18.2. The number of guanidine groups is 1. The lowest BCUT2D eigenvalue weighted by molar-refractivity contribution is 0.0976. The van der Waals surface area contributed by atoms with Gasteiger partial charge in [0, 0.05) is 18.0 Å². The number of amides is 1. The summed E-state index contributed by atoms with van der Waals surface area (Å²) in [5.41, 5.74) is 6.16. The van der Waals surface area contributed by atoms with Crippen LogP contribution in [0.2, 0.25) is 0 Å². The highest BCUT2D eigenvalue weighted by Crippen LogP contribution is 2.24. The van der Waals surface area contributed by atoms with Crippen molar-refractivity contribution in [1.82, 2.24) is 9.88 Å². The molecular formula is C14H17ClN4O3. The number of aliphatic hydroxyl groups is 1. The van der Waals surface area contributed by atoms with E-state index in [4.69, 9.17) is 21.0 Å². The van der Waals surface area contributed by atoms with E-state index in [0.29, 0.717) is 17.0 Å². The highest BCUT2D eigenvalue weighted by Gasteiger charge is 2.12. The third-order valence-corrected chi connectivity index (χ3v) is 2.70. The second kappa shape index (κ2) is 8.06. The average Bonchev–Trinajstić information content (AvgIpc) is 2.98. The molecule has 0 unspecified atom stereocenters. The average molecular weight is 325 g/mol. The molecule has 0 spiro atoms. The van der Waals surface area contributed by atoms with Crippen LogP contribution < -0.4 is 15.8 Å². The molecule has 2 aromatic rings. The fourth-order valence-corrected chi connectivity index (χ4v) is 1.83. The molecule has 0 bridgehead atoms. The Balaban J connectivity index is 0.00000242. The van der Waals surface area contributed by atoms with Crippen molar-refractivity contribution in [2.24, 2.45) is 5.73 Å². The number of carbonyl (C=O) groups excluding carboxylic acids is 1. The van der Waals surface area contributed by atoms with Gasteiger partial charge in [0.25, 0.3) is 5.91 Å². The van der Waals surface area contributed by atoms with Gasteiger partial charge in [-0.3, -0.25) is 15.5 Å². The van der Waals surface area contributed by atoms with E-state index in [1.54, 1.807) is 22.8 Å². The fourth-order valence-electron chi connectivity index (χ4n) is 1.83. The van der Waals surface area contributed by atoms with E-state index >= 15 is 0 Å². The summed E-state index contributed by atoms with van der Waals surface area (Å²) >= 11 is 0. The maximum atomic E-state index is 11.9. The fraction of sp³-hybridized carbons (Fsp3) is 0.143. The minimum Gasteiger partial charge on any atom is -0.489 e. The molecule has 0 aliphatic rings. The lowest BCUT2D eigenvalue weighted by Crippen LogP contribution is -2.35. The van der Waals surface area contributed by atoms with Crippen molar-refractivity contribution in [3.05, 3.63) is 48.3 Å². The molecule has 1 amide bonds. The van der Waals surface area contributed by atoms with Crippen LogP contribution in [0, 0.1) is 5.41 Å². The van der Waals surface area contributed by atoms with Gasteiger partial charge < -0.3 is 20.1 Å². The summed E-state index contributed by atoms with van der Waals surface area (Å²) in [7, 11) is 0. The van der Waals surface area contributed by atoms with Gasteiger partial charge in [-0.15, -0.1) is 12.4 Å². The van der Waals surface area contributed by atoms with E-state index in [2.05, 4.69) is 5.32 Å². The van der Waals surface area contributed by atoms with Gasteiger partial charge in [-0.2, -0.15) is 0 Å². The summed E-state index contributed by atoms with van der Waals surface area (Å²) < 4.78 is 7.25. The smallest absolute Gasteiger partial charge is 0.258 e. The number of nitrogens with two attached hydrogens (primary N) is 1. The van der Waals surface area contributed by atoms with Crippen molar-refractivity contribution in [2.75, 3.05) is 13.2 Å². The summed E-state index contributed by atoms with van der Waals surface area (Å²) in [6.07, 6.45) is 3.63. The quantitative estimate of drug-likeness (QED) is 0.483. The number of hydrogen-bond donors (Lipinski definition) is 4. The summed E-state index contributed by atoms with van der Waals surface area (Å²) in [6, 6.07) is 8.53. The molecule has 0 aliphatic heterocycles. The number of nitrogens with zero attached hydrogens (tertiary/aromatic N) is 1. The molecule has 0 aliphatic carbocycles. The number of nitrogens with one attached hydrogen (secondary N) is 2. The topological polar surface area (TPSA) is 113 Å². The first-order valence-electron chi connectivity index (χ1n) is 6.28. The lowest BCUT2D eigenvalue weighted by atomic mass is 10.1. The first kappa shape index (κ1) is 17.5. The maximum Gasteiger partial charge on any atom is 0.258 e. The number of aliphatic hydroxyl groups excluding tert-OH is 1. The Hall–Kier alpha value is -2.51. The van der Waals surface area contributed by atoms with Crippen LogP contribution in [0.15, 0.2) is 42.7 Å². The number of benzene rings is 1. The SMILES string of the molecule is Cl.N=C(N)NC(=O)c1ccc(OCCO)c(-n2cccc2)c1. The Morgan fingerprint density at radius 2 is 2.05 bits per heavy atom. The molecule has 0 saturated heterocycles. The number of hydrogen-bond acceptors (Lipinski definition) is 4. The summed E-state index contributed by atoms with van der Waals surface area (Å²) in [5.74, 6) is -0.340. The number of rotatable bonds is 5. The van der Waals surface area contributed by atoms with Gasteiger partial charge in [0.1, 0.15) is 12.4 Å². The molecule has 8 heteroatoms. The predicted octanol–water partition coefficient (Wildman–Crippen LogP) is 0.893. The van der Waals surface area contributed by atoms with Crippen LogP contribution in [0.3, 0.4) is 0 Å². The normalized spacial score (nSPS) is 9.68. The highest BCUT2D eigenvalue weighted by molar-refractivity contribution is 6.04. The Bertz CT molecular complexity index is 644. The second-order valence-electron chi connectivity index (χ2n) is 4.21. The third kappa shape index (κ3) is 4.24. The molecule has 0 fully saturated rings. The molecule has 5 N–H and O–H groups in total. The van der Waals surface area contributed by atoms with Gasteiger partial charge in [-0.1, -0.05) is 0 Å². The largest absolute Gasteiger partial charge is 0.489 e. The Morgan fingerprint density at radius 3 is 2.64 bits per heavy atom. The molecule has 0 saturated carbocycles. The Labute approximate surface area is 133 Å². The molecule has 2 rings (SSSR count). The van der Waals surface area contributed by atoms with Crippen molar-refractivity contribution in [2.45, 2.75) is 0 Å². The van der Waals surface area contributed by atoms with E-state index < -0.39 is 11.9 Å². The van der Waals surface area contributed by atoms with E-state index in [1.807, 2.05) is 24.5 Å². The minimum atomic E-state index is -0.468. The summed E-state index contributed by atoms with van der Waals surface area (Å²) in [4.78, 5) is 11.9. The van der Waals surface area contributed by atoms with Crippen LogP contribution in [-0.4, -0.2) is 34.8 Å². The van der Waals surface area contributed by atoms with Crippen LogP contribution in [0.5, 0.6) is 5.75 Å². The van der Waals surface area contributed by atoms with Gasteiger partial charge in [0.2, 0.25) is 0 Å². The molecule has 1 aromatic heterocycles. The van der Waals surface area contributed by atoms with Gasteiger partial charge in [-0.05, 0) is 30.3 Å². The van der Waals surface area contributed by atoms with Crippen molar-refractivity contribution in [1.29, 1.82) is 5.41 Å². The molecule has 1 heterocycles. The van der Waals surface area contributed by atoms with Crippen molar-refractivity contribution in [3.63, 3.8) is 0 Å². The molecule has 1 aromatic carbocycles. The zero-order chi connectivity index (χ0) is 15.2. The Morgan fingerprint density at radius 1 is 1.36 bits per heavy atom. The van der Waals surface area contributed by atoms with Crippen LogP contribution in [-0.2, 0) is 0 Å². The van der Waals surface area contributed by atoms with Crippen molar-refractivity contribution >= 4 is 24.3 Å². The minimum absolute atomic E-state index is 0. The van der Waals surface area contributed by atoms with E-state index in [-0.39, 0.29) is 25.6 Å². The highest BCUT2D eigenvalue weighted by atomic mass is 35.5. The second-order valence-corrected chi connectivity index (χ2v) is 4.21. The number of halogens is 1. The van der Waals surface area contributed by atoms with Crippen molar-refractivity contribution < 1.29 is 14.6 Å². The first-order valence-corrected chi connectivity index (χ1v) is 6.28. The lowest BCUT2D eigenvalue weighted by Gasteiger charge is -2.13. The number of ether oxygens (including phenoxy) is 1. The third-order valence-electron chi connectivity index (χ3n) is 2.70. The van der Waals surface area contributed by atoms with Gasteiger partial charge >= 0.3 is 0 Å². The molecule has 7 nitrogen and oxygen atoms in total. The van der Waals surface area contributed by atoms with E-state index in [0.717, 1.165) is 0 Å². The van der Waals surface area contributed by atoms with Crippen molar-refractivity contribution in [3.8, 4) is 11.4 Å². The predicted molar refractivity (Wildman–Crippen MR) is 85.0 cm³/mol. The first-order chi connectivity index (χ1) is 10.1. The van der Waals surface area contributed by atoms with E-state index in [1.165, 1.54) is 0 Å². The van der Waals surface area contributed by atoms with Crippen LogP contribution in [0.4, 0.5) is 0 Å². The van der Waals surface area contributed by atoms with Crippen LogP contribution >= 0.6 is 12.4 Å². The monoisotopic (exact) mass is 324 g/mol. The molecule has 0 atom stereocenters. The van der Waals surface area contributed by atoms with Crippen LogP contribution in [0.25, 0.3) is 5.69 Å². The Kier molecular flexibility index (Phi) is 6.43. The molecular weight excluding hydrogens is 308 g/mol. The van der Waals surface area contributed by atoms with E-state index in [9.17, 15) is 4.79 Å². The molecule has 0 radical (unpaired) electrons. The summed E-state index contributed by atoms with van der Waals surface area (Å²) in [6.45, 7) is 0.0605. The molecule has 118 valence electrons. The van der Waals surface area contributed by atoms with Gasteiger partial charge in [-0.25, -0.2) is 0 Å². The van der Waals surface area contributed by atoms with Gasteiger partial charge in [0.15, 0.2) is 5.96 Å². The maximum absolute atomic E-state index is 11.9. The zero-order valence-corrected chi connectivity index (χ0v) is 12.5. The standard InChI is InChI=1S/C14H16N4O3.ClH/c15-14(16)17-13(20)10-3-4-12(21-8-7-19)11(9-10)18-5-1-2-6-18;/h1-6,9,19H,7-8H2,(H4,15,16,17,20);1H. The number of carbonyl (C=O) groups is 1.